The summed E-state index contributed by atoms with van der Waals surface area (Å²) in [6.07, 6.45) is 3.98. The lowest BCUT2D eigenvalue weighted by atomic mass is 10.2. The van der Waals surface area contributed by atoms with Gasteiger partial charge in [-0.2, -0.15) is 0 Å². The van der Waals surface area contributed by atoms with E-state index in [1.54, 1.807) is 25.6 Å². The zero-order valence-electron chi connectivity index (χ0n) is 10.5. The Morgan fingerprint density at radius 3 is 2.89 bits per heavy atom. The van der Waals surface area contributed by atoms with Gasteiger partial charge in [-0.1, -0.05) is 0 Å². The van der Waals surface area contributed by atoms with E-state index in [4.69, 9.17) is 25.4 Å². The molecular formula is C12H19N3O3. The largest absolute Gasteiger partial charge is 0.489 e. The molecule has 0 saturated heterocycles. The number of methoxy groups -OCH3 is 1. The summed E-state index contributed by atoms with van der Waals surface area (Å²) in [5, 5.41) is 7.39. The smallest absolute Gasteiger partial charge is 0.148 e. The number of aromatic nitrogens is 1. The first kappa shape index (κ1) is 14.4. The molecule has 0 aliphatic rings. The van der Waals surface area contributed by atoms with E-state index < -0.39 is 0 Å². The summed E-state index contributed by atoms with van der Waals surface area (Å²) in [7, 11) is 1.66. The molecule has 0 aromatic carbocycles. The molecule has 0 unspecified atom stereocenters. The quantitative estimate of drug-likeness (QED) is 0.386. The lowest BCUT2D eigenvalue weighted by Crippen LogP contribution is -2.15. The second-order valence-electron chi connectivity index (χ2n) is 3.59. The standard InChI is InChI=1S/C12H19N3O3/c1-16-5-2-6-17-7-8-18-11-9-15-4-3-10(11)12(13)14/h3-4,9H,2,5-8H2,1H3,(H3,13,14). The van der Waals surface area contributed by atoms with Gasteiger partial charge in [0.25, 0.3) is 0 Å². The highest BCUT2D eigenvalue weighted by Gasteiger charge is 2.05. The molecule has 0 radical (unpaired) electrons. The molecule has 0 spiro atoms. The molecule has 0 aliphatic heterocycles. The van der Waals surface area contributed by atoms with E-state index in [1.165, 1.54) is 0 Å². The molecule has 1 aromatic heterocycles. The third-order valence-electron chi connectivity index (χ3n) is 2.20. The predicted molar refractivity (Wildman–Crippen MR) is 68.1 cm³/mol. The summed E-state index contributed by atoms with van der Waals surface area (Å²) >= 11 is 0. The number of amidine groups is 1. The minimum Gasteiger partial charge on any atom is -0.489 e. The Morgan fingerprint density at radius 1 is 1.33 bits per heavy atom. The van der Waals surface area contributed by atoms with Gasteiger partial charge in [-0.05, 0) is 12.5 Å². The number of hydrogen-bond acceptors (Lipinski definition) is 5. The monoisotopic (exact) mass is 253 g/mol. The molecule has 0 aliphatic carbocycles. The molecule has 1 rings (SSSR count). The number of nitrogens with one attached hydrogen (secondary N) is 1. The van der Waals surface area contributed by atoms with E-state index >= 15 is 0 Å². The van der Waals surface area contributed by atoms with Crippen LogP contribution < -0.4 is 10.5 Å². The molecule has 100 valence electrons. The molecule has 6 nitrogen and oxygen atoms in total. The number of nitrogen functional groups attached to an aromatic ring is 1. The SMILES string of the molecule is COCCCOCCOc1cnccc1C(=N)N. The fourth-order valence-corrected chi connectivity index (χ4v) is 1.34. The van der Waals surface area contributed by atoms with Crippen molar-refractivity contribution in [2.45, 2.75) is 6.42 Å². The number of nitrogens with two attached hydrogens (primary N) is 1. The number of nitrogens with zero attached hydrogens (tertiary/aromatic N) is 1. The van der Waals surface area contributed by atoms with Crippen molar-refractivity contribution in [3.63, 3.8) is 0 Å². The zero-order chi connectivity index (χ0) is 13.2. The minimum atomic E-state index is -0.0339. The van der Waals surface area contributed by atoms with Gasteiger partial charge in [0.15, 0.2) is 0 Å². The predicted octanol–water partition coefficient (Wildman–Crippen LogP) is 0.798. The van der Waals surface area contributed by atoms with Crippen molar-refractivity contribution in [2.75, 3.05) is 33.5 Å². The second kappa shape index (κ2) is 8.43. The summed E-state index contributed by atoms with van der Waals surface area (Å²) in [6.45, 7) is 2.22. The Morgan fingerprint density at radius 2 is 2.17 bits per heavy atom. The summed E-state index contributed by atoms with van der Waals surface area (Å²) in [4.78, 5) is 3.93. The van der Waals surface area contributed by atoms with E-state index in [1.807, 2.05) is 0 Å². The summed E-state index contributed by atoms with van der Waals surface area (Å²) in [5.74, 6) is 0.471. The molecule has 0 bridgehead atoms. The van der Waals surface area contributed by atoms with Gasteiger partial charge in [-0.15, -0.1) is 0 Å². The zero-order valence-corrected chi connectivity index (χ0v) is 10.5. The van der Waals surface area contributed by atoms with Gasteiger partial charge >= 0.3 is 0 Å². The minimum absolute atomic E-state index is 0.0339. The average Bonchev–Trinajstić information content (AvgIpc) is 2.38. The summed E-state index contributed by atoms with van der Waals surface area (Å²) in [6, 6.07) is 1.65. The first-order chi connectivity index (χ1) is 8.75. The molecule has 0 saturated carbocycles. The first-order valence-electron chi connectivity index (χ1n) is 5.73. The van der Waals surface area contributed by atoms with Crippen LogP contribution in [0.25, 0.3) is 0 Å². The Hall–Kier alpha value is -1.66. The van der Waals surface area contributed by atoms with Gasteiger partial charge in [0.2, 0.25) is 0 Å². The van der Waals surface area contributed by atoms with Crippen molar-refractivity contribution in [2.24, 2.45) is 5.73 Å². The Bertz CT molecular complexity index is 371. The van der Waals surface area contributed by atoms with Crippen molar-refractivity contribution in [1.82, 2.24) is 4.98 Å². The maximum absolute atomic E-state index is 7.39. The highest BCUT2D eigenvalue weighted by Crippen LogP contribution is 2.15. The number of hydrogen-bond donors (Lipinski definition) is 2. The van der Waals surface area contributed by atoms with Crippen LogP contribution in [0.5, 0.6) is 5.75 Å². The number of rotatable bonds is 9. The average molecular weight is 253 g/mol. The number of ether oxygens (including phenoxy) is 3. The lowest BCUT2D eigenvalue weighted by molar-refractivity contribution is 0.0805. The molecule has 18 heavy (non-hydrogen) atoms. The van der Waals surface area contributed by atoms with Gasteiger partial charge in [-0.25, -0.2) is 0 Å². The van der Waals surface area contributed by atoms with Crippen molar-refractivity contribution in [3.05, 3.63) is 24.0 Å². The van der Waals surface area contributed by atoms with Crippen LogP contribution in [0.1, 0.15) is 12.0 Å². The maximum atomic E-state index is 7.39. The van der Waals surface area contributed by atoms with Crippen molar-refractivity contribution >= 4 is 5.84 Å². The Labute approximate surface area is 107 Å². The van der Waals surface area contributed by atoms with Crippen LogP contribution in [-0.4, -0.2) is 44.4 Å². The van der Waals surface area contributed by atoms with E-state index in [0.29, 0.717) is 37.7 Å². The molecule has 0 atom stereocenters. The Kier molecular flexibility index (Phi) is 6.75. The molecular weight excluding hydrogens is 234 g/mol. The maximum Gasteiger partial charge on any atom is 0.148 e. The fourth-order valence-electron chi connectivity index (χ4n) is 1.34. The molecule has 0 amide bonds. The highest BCUT2D eigenvalue weighted by molar-refractivity contribution is 5.97. The van der Waals surface area contributed by atoms with Crippen molar-refractivity contribution in [3.8, 4) is 5.75 Å². The number of pyridine rings is 1. The van der Waals surface area contributed by atoms with Crippen LogP contribution in [0.4, 0.5) is 0 Å². The normalized spacial score (nSPS) is 10.3. The van der Waals surface area contributed by atoms with E-state index in [0.717, 1.165) is 6.42 Å². The van der Waals surface area contributed by atoms with E-state index in [-0.39, 0.29) is 5.84 Å². The summed E-state index contributed by atoms with van der Waals surface area (Å²) in [5.41, 5.74) is 5.98. The van der Waals surface area contributed by atoms with E-state index in [2.05, 4.69) is 4.98 Å². The van der Waals surface area contributed by atoms with Crippen LogP contribution >= 0.6 is 0 Å². The van der Waals surface area contributed by atoms with Gasteiger partial charge in [0.1, 0.15) is 18.2 Å². The Balaban J connectivity index is 2.25. The molecule has 1 heterocycles. The van der Waals surface area contributed by atoms with Crippen LogP contribution in [0.3, 0.4) is 0 Å². The van der Waals surface area contributed by atoms with Gasteiger partial charge in [-0.3, -0.25) is 10.4 Å². The van der Waals surface area contributed by atoms with Crippen LogP contribution in [0.2, 0.25) is 0 Å². The lowest BCUT2D eigenvalue weighted by Gasteiger charge is -2.10. The highest BCUT2D eigenvalue weighted by atomic mass is 16.5. The van der Waals surface area contributed by atoms with Crippen molar-refractivity contribution in [1.29, 1.82) is 5.41 Å². The molecule has 1 aromatic rings. The topological polar surface area (TPSA) is 90.5 Å². The van der Waals surface area contributed by atoms with Crippen LogP contribution in [0, 0.1) is 5.41 Å². The molecule has 3 N–H and O–H groups in total. The van der Waals surface area contributed by atoms with Crippen LogP contribution in [-0.2, 0) is 9.47 Å². The van der Waals surface area contributed by atoms with Gasteiger partial charge in [0.05, 0.1) is 18.4 Å². The van der Waals surface area contributed by atoms with Gasteiger partial charge in [0, 0.05) is 26.5 Å². The first-order valence-corrected chi connectivity index (χ1v) is 5.73. The van der Waals surface area contributed by atoms with Gasteiger partial charge < -0.3 is 19.9 Å². The molecule has 6 heteroatoms. The van der Waals surface area contributed by atoms with Crippen molar-refractivity contribution < 1.29 is 14.2 Å². The second-order valence-corrected chi connectivity index (χ2v) is 3.59. The third kappa shape index (κ3) is 5.11. The fraction of sp³-hybridized carbons (Fsp3) is 0.500. The third-order valence-corrected chi connectivity index (χ3v) is 2.20. The van der Waals surface area contributed by atoms with E-state index in [9.17, 15) is 0 Å². The van der Waals surface area contributed by atoms with Crippen LogP contribution in [0.15, 0.2) is 18.5 Å². The molecule has 0 fully saturated rings. The summed E-state index contributed by atoms with van der Waals surface area (Å²) < 4.78 is 15.7.